The quantitative estimate of drug-likeness (QED) is 0.561. The van der Waals surface area contributed by atoms with Gasteiger partial charge >= 0.3 is 0 Å². The minimum absolute atomic E-state index is 0.194. The Bertz CT molecular complexity index is 368. The highest BCUT2D eigenvalue weighted by Crippen LogP contribution is 2.09. The van der Waals surface area contributed by atoms with Crippen LogP contribution < -0.4 is 15.4 Å². The highest BCUT2D eigenvalue weighted by molar-refractivity contribution is 7.87. The van der Waals surface area contributed by atoms with Gasteiger partial charge in [-0.2, -0.15) is 17.4 Å². The van der Waals surface area contributed by atoms with Crippen LogP contribution in [0, 0.1) is 0 Å². The van der Waals surface area contributed by atoms with E-state index in [0.29, 0.717) is 19.6 Å². The van der Waals surface area contributed by atoms with Crippen LogP contribution in [0.2, 0.25) is 0 Å². The van der Waals surface area contributed by atoms with Gasteiger partial charge in [-0.3, -0.25) is 4.79 Å². The molecular weight excluding hydrogens is 244 g/mol. The zero-order valence-electron chi connectivity index (χ0n) is 10.4. The van der Waals surface area contributed by atoms with E-state index in [1.54, 1.807) is 13.8 Å². The molecule has 1 fully saturated rings. The molecule has 0 spiro atoms. The number of nitrogens with zero attached hydrogens (tertiary/aromatic N) is 1. The number of piperazine rings is 1. The van der Waals surface area contributed by atoms with Crippen molar-refractivity contribution in [3.05, 3.63) is 0 Å². The summed E-state index contributed by atoms with van der Waals surface area (Å²) in [5.41, 5.74) is 0. The van der Waals surface area contributed by atoms with Crippen LogP contribution in [0.3, 0.4) is 0 Å². The number of amides is 1. The number of carbonyl (C=O) groups is 1. The van der Waals surface area contributed by atoms with Crippen LogP contribution in [0.15, 0.2) is 0 Å². The van der Waals surface area contributed by atoms with Gasteiger partial charge in [0.05, 0.1) is 0 Å². The first kappa shape index (κ1) is 14.4. The summed E-state index contributed by atoms with van der Waals surface area (Å²) in [4.78, 5) is 11.6. The fraction of sp³-hybridized carbons (Fsp3) is 0.889. The Hall–Kier alpha value is -0.700. The SMILES string of the molecule is CNC(=O)C1CNCCN1S(=O)(=O)NC(C)C. The summed E-state index contributed by atoms with van der Waals surface area (Å²) in [5.74, 6) is -0.300. The number of likely N-dealkylation sites (N-methyl/N-ethyl adjacent to an activating group) is 1. The fourth-order valence-electron chi connectivity index (χ4n) is 1.73. The topological polar surface area (TPSA) is 90.5 Å². The number of carbonyl (C=O) groups excluding carboxylic acids is 1. The van der Waals surface area contributed by atoms with Gasteiger partial charge in [-0.25, -0.2) is 0 Å². The van der Waals surface area contributed by atoms with Gasteiger partial charge in [-0.15, -0.1) is 0 Å². The van der Waals surface area contributed by atoms with Crippen LogP contribution >= 0.6 is 0 Å². The molecule has 3 N–H and O–H groups in total. The first-order valence-electron chi connectivity index (χ1n) is 5.60. The molecule has 17 heavy (non-hydrogen) atoms. The van der Waals surface area contributed by atoms with Crippen molar-refractivity contribution in [2.24, 2.45) is 0 Å². The molecule has 1 unspecified atom stereocenters. The molecule has 1 atom stereocenters. The summed E-state index contributed by atoms with van der Waals surface area (Å²) in [6.45, 7) is 4.66. The van der Waals surface area contributed by atoms with E-state index in [9.17, 15) is 13.2 Å². The normalized spacial score (nSPS) is 22.7. The Morgan fingerprint density at radius 3 is 2.65 bits per heavy atom. The molecule has 1 aliphatic rings. The van der Waals surface area contributed by atoms with Gasteiger partial charge in [0.15, 0.2) is 0 Å². The molecule has 1 rings (SSSR count). The summed E-state index contributed by atoms with van der Waals surface area (Å²) in [6, 6.07) is -0.884. The van der Waals surface area contributed by atoms with Crippen molar-refractivity contribution in [2.75, 3.05) is 26.7 Å². The Kier molecular flexibility index (Phi) is 4.87. The Morgan fingerprint density at radius 1 is 1.47 bits per heavy atom. The van der Waals surface area contributed by atoms with Crippen molar-refractivity contribution < 1.29 is 13.2 Å². The van der Waals surface area contributed by atoms with E-state index in [0.717, 1.165) is 0 Å². The fourth-order valence-corrected chi connectivity index (χ4v) is 3.30. The molecule has 1 amide bonds. The lowest BCUT2D eigenvalue weighted by atomic mass is 10.2. The van der Waals surface area contributed by atoms with E-state index in [4.69, 9.17) is 0 Å². The predicted molar refractivity (Wildman–Crippen MR) is 64.6 cm³/mol. The number of hydrogen-bond acceptors (Lipinski definition) is 4. The predicted octanol–water partition coefficient (Wildman–Crippen LogP) is -1.75. The first-order valence-corrected chi connectivity index (χ1v) is 7.04. The third-order valence-electron chi connectivity index (χ3n) is 2.44. The molecule has 1 aliphatic heterocycles. The van der Waals surface area contributed by atoms with Crippen molar-refractivity contribution in [3.8, 4) is 0 Å². The van der Waals surface area contributed by atoms with E-state index in [2.05, 4.69) is 15.4 Å². The van der Waals surface area contributed by atoms with Crippen LogP contribution in [-0.2, 0) is 15.0 Å². The average Bonchev–Trinajstić information content (AvgIpc) is 2.26. The summed E-state index contributed by atoms with van der Waals surface area (Å²) >= 11 is 0. The maximum absolute atomic E-state index is 12.0. The van der Waals surface area contributed by atoms with Crippen molar-refractivity contribution in [3.63, 3.8) is 0 Å². The monoisotopic (exact) mass is 264 g/mol. The van der Waals surface area contributed by atoms with E-state index >= 15 is 0 Å². The summed E-state index contributed by atoms with van der Waals surface area (Å²) < 4.78 is 27.8. The smallest absolute Gasteiger partial charge is 0.280 e. The lowest BCUT2D eigenvalue weighted by Gasteiger charge is -2.34. The largest absolute Gasteiger partial charge is 0.358 e. The molecule has 0 radical (unpaired) electrons. The third-order valence-corrected chi connectivity index (χ3v) is 4.26. The van der Waals surface area contributed by atoms with Crippen LogP contribution in [0.1, 0.15) is 13.8 Å². The number of nitrogens with one attached hydrogen (secondary N) is 3. The maximum Gasteiger partial charge on any atom is 0.280 e. The van der Waals surface area contributed by atoms with Gasteiger partial charge in [0.2, 0.25) is 5.91 Å². The van der Waals surface area contributed by atoms with Crippen molar-refractivity contribution in [2.45, 2.75) is 25.9 Å². The molecule has 0 bridgehead atoms. The summed E-state index contributed by atoms with van der Waals surface area (Å²) in [6.07, 6.45) is 0. The molecule has 0 saturated carbocycles. The Labute approximate surface area is 102 Å². The highest BCUT2D eigenvalue weighted by Gasteiger charge is 2.36. The average molecular weight is 264 g/mol. The molecule has 0 aromatic carbocycles. The van der Waals surface area contributed by atoms with Crippen molar-refractivity contribution in [1.29, 1.82) is 0 Å². The zero-order valence-corrected chi connectivity index (χ0v) is 11.2. The first-order chi connectivity index (χ1) is 7.88. The van der Waals surface area contributed by atoms with Gasteiger partial charge in [-0.05, 0) is 13.8 Å². The molecule has 1 heterocycles. The number of rotatable bonds is 4. The van der Waals surface area contributed by atoms with Crippen LogP contribution in [0.5, 0.6) is 0 Å². The highest BCUT2D eigenvalue weighted by atomic mass is 32.2. The lowest BCUT2D eigenvalue weighted by Crippen LogP contribution is -2.61. The zero-order chi connectivity index (χ0) is 13.1. The van der Waals surface area contributed by atoms with Crippen molar-refractivity contribution >= 4 is 16.1 Å². The molecule has 0 aliphatic carbocycles. The molecule has 7 nitrogen and oxygen atoms in total. The summed E-state index contributed by atoms with van der Waals surface area (Å²) in [5, 5.41) is 5.49. The molecular formula is C9H20N4O3S. The van der Waals surface area contributed by atoms with Gasteiger partial charge < -0.3 is 10.6 Å². The van der Waals surface area contributed by atoms with Gasteiger partial charge in [0.25, 0.3) is 10.2 Å². The molecule has 100 valence electrons. The second-order valence-corrected chi connectivity index (χ2v) is 5.88. The van der Waals surface area contributed by atoms with E-state index in [1.165, 1.54) is 11.4 Å². The van der Waals surface area contributed by atoms with Gasteiger partial charge in [-0.1, -0.05) is 0 Å². The Balaban J connectivity index is 2.88. The van der Waals surface area contributed by atoms with Crippen molar-refractivity contribution in [1.82, 2.24) is 19.7 Å². The lowest BCUT2D eigenvalue weighted by molar-refractivity contribution is -0.124. The molecule has 0 aromatic rings. The second kappa shape index (κ2) is 5.76. The van der Waals surface area contributed by atoms with Gasteiger partial charge in [0, 0.05) is 32.7 Å². The standard InChI is InChI=1S/C9H20N4O3S/c1-7(2)12-17(15,16)13-5-4-11-6-8(13)9(14)10-3/h7-8,11-12H,4-6H2,1-3H3,(H,10,14). The van der Waals surface area contributed by atoms with Crippen LogP contribution in [0.25, 0.3) is 0 Å². The minimum Gasteiger partial charge on any atom is -0.358 e. The summed E-state index contributed by atoms with van der Waals surface area (Å²) in [7, 11) is -2.11. The second-order valence-electron chi connectivity index (χ2n) is 4.22. The Morgan fingerprint density at radius 2 is 2.12 bits per heavy atom. The van der Waals surface area contributed by atoms with Crippen LogP contribution in [0.4, 0.5) is 0 Å². The molecule has 0 aromatic heterocycles. The third kappa shape index (κ3) is 3.63. The molecule has 8 heteroatoms. The van der Waals surface area contributed by atoms with E-state index in [-0.39, 0.29) is 11.9 Å². The maximum atomic E-state index is 12.0. The minimum atomic E-state index is -3.60. The van der Waals surface area contributed by atoms with E-state index in [1.807, 2.05) is 0 Å². The number of hydrogen-bond donors (Lipinski definition) is 3. The van der Waals surface area contributed by atoms with Gasteiger partial charge in [0.1, 0.15) is 6.04 Å². The van der Waals surface area contributed by atoms with E-state index < -0.39 is 16.3 Å². The van der Waals surface area contributed by atoms with Crippen LogP contribution in [-0.4, -0.2) is 57.4 Å². The molecule has 1 saturated heterocycles.